The molecule has 142 valence electrons. The Labute approximate surface area is 160 Å². The second-order valence-corrected chi connectivity index (χ2v) is 6.94. The van der Waals surface area contributed by atoms with Crippen LogP contribution in [0.5, 0.6) is 0 Å². The molecule has 1 aliphatic rings. The van der Waals surface area contributed by atoms with E-state index in [0.29, 0.717) is 34.0 Å². The summed E-state index contributed by atoms with van der Waals surface area (Å²) in [6, 6.07) is 8.69. The molecule has 3 aromatic rings. The van der Waals surface area contributed by atoms with E-state index < -0.39 is 4.92 Å². The van der Waals surface area contributed by atoms with Crippen LogP contribution in [0.3, 0.4) is 0 Å². The third kappa shape index (κ3) is 2.72. The van der Waals surface area contributed by atoms with Gasteiger partial charge in [-0.15, -0.1) is 10.2 Å². The molecule has 0 fully saturated rings. The normalized spacial score (nSPS) is 13.3. The summed E-state index contributed by atoms with van der Waals surface area (Å²) in [5.41, 5.74) is 1.87. The highest BCUT2D eigenvalue weighted by Crippen LogP contribution is 2.35. The Balaban J connectivity index is 1.75. The summed E-state index contributed by atoms with van der Waals surface area (Å²) >= 11 is 0. The maximum atomic E-state index is 12.9. The van der Waals surface area contributed by atoms with Crippen LogP contribution >= 0.6 is 0 Å². The molecule has 28 heavy (non-hydrogen) atoms. The van der Waals surface area contributed by atoms with E-state index in [1.807, 2.05) is 18.4 Å². The molecule has 2 aromatic heterocycles. The number of fused-ring (bicyclic) bond motifs is 1. The molecule has 9 nitrogen and oxygen atoms in total. The lowest BCUT2D eigenvalue weighted by molar-refractivity contribution is -0.386. The van der Waals surface area contributed by atoms with E-state index in [1.165, 1.54) is 4.90 Å². The number of hydrogen-bond donors (Lipinski definition) is 0. The van der Waals surface area contributed by atoms with E-state index in [1.54, 1.807) is 43.6 Å². The van der Waals surface area contributed by atoms with Gasteiger partial charge in [-0.2, -0.15) is 0 Å². The molecule has 0 saturated heterocycles. The second kappa shape index (κ2) is 6.52. The van der Waals surface area contributed by atoms with E-state index in [0.717, 1.165) is 0 Å². The number of anilines is 1. The summed E-state index contributed by atoms with van der Waals surface area (Å²) in [4.78, 5) is 30.0. The predicted molar refractivity (Wildman–Crippen MR) is 102 cm³/mol. The lowest BCUT2D eigenvalue weighted by Crippen LogP contribution is -2.24. The molecule has 4 rings (SSSR count). The summed E-state index contributed by atoms with van der Waals surface area (Å²) in [5.74, 6) is 0.722. The SMILES string of the molecule is Cc1ccc2c(c1[N+](=O)[O-])CN(c1cccc(-c3nncn3C(C)C)n1)C2=O. The van der Waals surface area contributed by atoms with Gasteiger partial charge >= 0.3 is 0 Å². The van der Waals surface area contributed by atoms with Gasteiger partial charge in [0.15, 0.2) is 5.82 Å². The molecule has 0 atom stereocenters. The average Bonchev–Trinajstić information content (AvgIpc) is 3.27. The van der Waals surface area contributed by atoms with Gasteiger partial charge in [0.25, 0.3) is 11.6 Å². The van der Waals surface area contributed by atoms with Crippen LogP contribution in [-0.4, -0.2) is 30.6 Å². The number of rotatable bonds is 4. The molecule has 1 amide bonds. The molecule has 0 saturated carbocycles. The van der Waals surface area contributed by atoms with Crippen LogP contribution in [0.4, 0.5) is 11.5 Å². The zero-order chi connectivity index (χ0) is 20.0. The van der Waals surface area contributed by atoms with E-state index in [9.17, 15) is 14.9 Å². The first kappa shape index (κ1) is 17.8. The number of carbonyl (C=O) groups is 1. The maximum absolute atomic E-state index is 12.9. The molecule has 0 bridgehead atoms. The molecule has 0 spiro atoms. The Bertz CT molecular complexity index is 1100. The van der Waals surface area contributed by atoms with Gasteiger partial charge in [-0.25, -0.2) is 4.98 Å². The number of benzene rings is 1. The van der Waals surface area contributed by atoms with E-state index in [4.69, 9.17) is 0 Å². The quantitative estimate of drug-likeness (QED) is 0.509. The first-order chi connectivity index (χ1) is 13.4. The highest BCUT2D eigenvalue weighted by atomic mass is 16.6. The Kier molecular flexibility index (Phi) is 4.14. The van der Waals surface area contributed by atoms with Gasteiger partial charge in [0, 0.05) is 11.6 Å². The van der Waals surface area contributed by atoms with Crippen LogP contribution < -0.4 is 4.90 Å². The van der Waals surface area contributed by atoms with E-state index >= 15 is 0 Å². The third-order valence-corrected chi connectivity index (χ3v) is 4.83. The van der Waals surface area contributed by atoms with Crippen LogP contribution in [0.1, 0.15) is 41.4 Å². The summed E-state index contributed by atoms with van der Waals surface area (Å²) in [6.07, 6.45) is 1.64. The fourth-order valence-corrected chi connectivity index (χ4v) is 3.43. The Hall–Kier alpha value is -3.62. The minimum atomic E-state index is -0.431. The van der Waals surface area contributed by atoms with Crippen molar-refractivity contribution in [3.8, 4) is 11.5 Å². The van der Waals surface area contributed by atoms with Gasteiger partial charge in [-0.1, -0.05) is 12.1 Å². The molecular weight excluding hydrogens is 360 g/mol. The average molecular weight is 378 g/mol. The van der Waals surface area contributed by atoms with Crippen molar-refractivity contribution in [2.75, 3.05) is 4.90 Å². The van der Waals surface area contributed by atoms with Crippen molar-refractivity contribution in [2.24, 2.45) is 0 Å². The van der Waals surface area contributed by atoms with Crippen LogP contribution in [-0.2, 0) is 6.54 Å². The zero-order valence-electron chi connectivity index (χ0n) is 15.7. The van der Waals surface area contributed by atoms with Gasteiger partial charge in [-0.05, 0) is 39.0 Å². The maximum Gasteiger partial charge on any atom is 0.278 e. The standard InChI is InChI=1S/C19H18N6O3/c1-11(2)24-10-20-22-18(24)15-5-4-6-16(21-15)23-9-14-13(19(23)26)8-7-12(3)17(14)25(27)28/h4-8,10-11H,9H2,1-3H3. The van der Waals surface area contributed by atoms with Crippen LogP contribution in [0.2, 0.25) is 0 Å². The number of carbonyl (C=O) groups excluding carboxylic acids is 1. The van der Waals surface area contributed by atoms with Crippen molar-refractivity contribution in [1.29, 1.82) is 0 Å². The fraction of sp³-hybridized carbons (Fsp3) is 0.263. The smallest absolute Gasteiger partial charge is 0.278 e. The number of pyridine rings is 1. The number of nitro benzene ring substituents is 1. The molecular formula is C19H18N6O3. The number of nitro groups is 1. The van der Waals surface area contributed by atoms with Crippen molar-refractivity contribution in [1.82, 2.24) is 19.7 Å². The summed E-state index contributed by atoms with van der Waals surface area (Å²) in [6.45, 7) is 5.81. The predicted octanol–water partition coefficient (Wildman–Crippen LogP) is 3.30. The minimum absolute atomic E-state index is 0.0101. The van der Waals surface area contributed by atoms with E-state index in [2.05, 4.69) is 15.2 Å². The molecule has 0 aliphatic carbocycles. The van der Waals surface area contributed by atoms with Crippen molar-refractivity contribution in [3.05, 3.63) is 63.5 Å². The van der Waals surface area contributed by atoms with Crippen LogP contribution in [0.25, 0.3) is 11.5 Å². The molecule has 1 aliphatic heterocycles. The highest BCUT2D eigenvalue weighted by Gasteiger charge is 2.36. The van der Waals surface area contributed by atoms with Crippen molar-refractivity contribution in [3.63, 3.8) is 0 Å². The van der Waals surface area contributed by atoms with Crippen molar-refractivity contribution in [2.45, 2.75) is 33.4 Å². The van der Waals surface area contributed by atoms with Gasteiger partial charge in [-0.3, -0.25) is 19.8 Å². The molecule has 0 unspecified atom stereocenters. The first-order valence-electron chi connectivity index (χ1n) is 8.84. The topological polar surface area (TPSA) is 107 Å². The summed E-state index contributed by atoms with van der Waals surface area (Å²) in [5, 5.41) is 19.6. The number of aryl methyl sites for hydroxylation is 1. The Morgan fingerprint density at radius 2 is 2.00 bits per heavy atom. The summed E-state index contributed by atoms with van der Waals surface area (Å²) in [7, 11) is 0. The van der Waals surface area contributed by atoms with Crippen molar-refractivity contribution >= 4 is 17.4 Å². The molecule has 9 heteroatoms. The largest absolute Gasteiger partial charge is 0.310 e. The van der Waals surface area contributed by atoms with Gasteiger partial charge in [0.1, 0.15) is 17.8 Å². The molecule has 0 radical (unpaired) electrons. The third-order valence-electron chi connectivity index (χ3n) is 4.83. The zero-order valence-corrected chi connectivity index (χ0v) is 15.7. The molecule has 1 aromatic carbocycles. The van der Waals surface area contributed by atoms with Gasteiger partial charge in [0.05, 0.1) is 22.6 Å². The minimum Gasteiger partial charge on any atom is -0.310 e. The molecule has 3 heterocycles. The second-order valence-electron chi connectivity index (χ2n) is 6.94. The van der Waals surface area contributed by atoms with Gasteiger partial charge in [0.2, 0.25) is 0 Å². The number of aromatic nitrogens is 4. The fourth-order valence-electron chi connectivity index (χ4n) is 3.43. The summed E-state index contributed by atoms with van der Waals surface area (Å²) < 4.78 is 1.89. The van der Waals surface area contributed by atoms with E-state index in [-0.39, 0.29) is 24.2 Å². The number of nitrogens with zero attached hydrogens (tertiary/aromatic N) is 6. The highest BCUT2D eigenvalue weighted by molar-refractivity contribution is 6.10. The lowest BCUT2D eigenvalue weighted by atomic mass is 10.0. The Morgan fingerprint density at radius 1 is 1.21 bits per heavy atom. The molecule has 0 N–H and O–H groups in total. The number of hydrogen-bond acceptors (Lipinski definition) is 6. The first-order valence-corrected chi connectivity index (χ1v) is 8.84. The lowest BCUT2D eigenvalue weighted by Gasteiger charge is -2.16. The van der Waals surface area contributed by atoms with Crippen LogP contribution in [0, 0.1) is 17.0 Å². The monoisotopic (exact) mass is 378 g/mol. The van der Waals surface area contributed by atoms with Crippen molar-refractivity contribution < 1.29 is 9.72 Å². The van der Waals surface area contributed by atoms with Gasteiger partial charge < -0.3 is 4.57 Å². The number of amides is 1. The Morgan fingerprint density at radius 3 is 2.71 bits per heavy atom. The van der Waals surface area contributed by atoms with Crippen LogP contribution in [0.15, 0.2) is 36.7 Å².